The van der Waals surface area contributed by atoms with E-state index < -0.39 is 0 Å². The lowest BCUT2D eigenvalue weighted by Gasteiger charge is -1.57. The molecule has 1 aromatic rings. The fourth-order valence-corrected chi connectivity index (χ4v) is 0.291. The van der Waals surface area contributed by atoms with Crippen LogP contribution in [-0.4, -0.2) is 0 Å². The summed E-state index contributed by atoms with van der Waals surface area (Å²) in [6, 6.07) is 5.57. The standard InChI is InChI=1S/C5H5O.FH/c1-2-4-6-5-3-1;/h1-5H;1H/q+1;/p-1. The van der Waals surface area contributed by atoms with Crippen molar-refractivity contribution in [3.8, 4) is 0 Å². The van der Waals surface area contributed by atoms with E-state index in [-0.39, 0.29) is 4.70 Å². The smallest absolute Gasteiger partial charge is 0.317 e. The van der Waals surface area contributed by atoms with Gasteiger partial charge in [-0.2, -0.15) is 0 Å². The number of halogens is 1. The van der Waals surface area contributed by atoms with Crippen LogP contribution in [0.2, 0.25) is 0 Å². The molecule has 1 aromatic heterocycles. The molecule has 0 spiro atoms. The van der Waals surface area contributed by atoms with Gasteiger partial charge < -0.3 is 4.70 Å². The van der Waals surface area contributed by atoms with E-state index in [1.165, 1.54) is 0 Å². The summed E-state index contributed by atoms with van der Waals surface area (Å²) in [6.45, 7) is 0. The number of rotatable bonds is 0. The highest BCUT2D eigenvalue weighted by Gasteiger charge is 1.72. The average molecular weight is 100 g/mol. The van der Waals surface area contributed by atoms with Crippen LogP contribution in [0, 0.1) is 0 Å². The third-order valence-electron chi connectivity index (χ3n) is 0.536. The Morgan fingerprint density at radius 1 is 0.857 bits per heavy atom. The van der Waals surface area contributed by atoms with Gasteiger partial charge in [0, 0.05) is 12.1 Å². The van der Waals surface area contributed by atoms with Gasteiger partial charge in [-0.15, -0.1) is 0 Å². The van der Waals surface area contributed by atoms with Gasteiger partial charge in [-0.3, -0.25) is 0 Å². The molecule has 0 aliphatic carbocycles. The summed E-state index contributed by atoms with van der Waals surface area (Å²) in [5.74, 6) is 0. The molecule has 0 saturated carbocycles. The molecule has 0 fully saturated rings. The molecule has 0 aliphatic heterocycles. The molecule has 0 N–H and O–H groups in total. The fraction of sp³-hybridized carbons (Fsp3) is 0. The quantitative estimate of drug-likeness (QED) is 0.364. The Bertz CT molecular complexity index is 80.0. The molecule has 0 amide bonds. The number of hydrogen-bond acceptors (Lipinski definition) is 0. The van der Waals surface area contributed by atoms with Crippen LogP contribution in [0.5, 0.6) is 0 Å². The van der Waals surface area contributed by atoms with E-state index in [0.29, 0.717) is 0 Å². The summed E-state index contributed by atoms with van der Waals surface area (Å²) in [7, 11) is 0. The van der Waals surface area contributed by atoms with Gasteiger partial charge in [0.1, 0.15) is 0 Å². The Labute approximate surface area is 41.0 Å². The minimum absolute atomic E-state index is 0. The summed E-state index contributed by atoms with van der Waals surface area (Å²) in [5.41, 5.74) is 0. The Kier molecular flexibility index (Phi) is 2.85. The lowest BCUT2D eigenvalue weighted by Crippen LogP contribution is -3.00. The first kappa shape index (κ1) is 6.08. The van der Waals surface area contributed by atoms with Crippen LogP contribution in [-0.2, 0) is 0 Å². The van der Waals surface area contributed by atoms with Crippen LogP contribution in [0.3, 0.4) is 0 Å². The van der Waals surface area contributed by atoms with Gasteiger partial charge in [0.05, 0.1) is 0 Å². The summed E-state index contributed by atoms with van der Waals surface area (Å²) in [4.78, 5) is 0. The Morgan fingerprint density at radius 2 is 1.43 bits per heavy atom. The van der Waals surface area contributed by atoms with E-state index in [2.05, 4.69) is 4.42 Å². The Balaban J connectivity index is 0.000000360. The van der Waals surface area contributed by atoms with Gasteiger partial charge in [-0.05, 0) is 6.07 Å². The molecule has 0 bridgehead atoms. The molecular weight excluding hydrogens is 95.1 g/mol. The predicted octanol–water partition coefficient (Wildman–Crippen LogP) is -1.44. The molecule has 0 aromatic carbocycles. The van der Waals surface area contributed by atoms with Crippen molar-refractivity contribution >= 4 is 0 Å². The van der Waals surface area contributed by atoms with E-state index in [1.807, 2.05) is 18.2 Å². The topological polar surface area (TPSA) is 11.3 Å². The Morgan fingerprint density at radius 3 is 1.57 bits per heavy atom. The van der Waals surface area contributed by atoms with Crippen LogP contribution in [0.4, 0.5) is 0 Å². The maximum absolute atomic E-state index is 4.68. The van der Waals surface area contributed by atoms with Gasteiger partial charge in [0.15, 0.2) is 0 Å². The zero-order valence-electron chi connectivity index (χ0n) is 3.67. The zero-order valence-corrected chi connectivity index (χ0v) is 3.67. The zero-order chi connectivity index (χ0) is 4.24. The molecule has 0 atom stereocenters. The summed E-state index contributed by atoms with van der Waals surface area (Å²) >= 11 is 0. The molecular formula is C5H5FO. The van der Waals surface area contributed by atoms with Crippen molar-refractivity contribution in [1.29, 1.82) is 0 Å². The van der Waals surface area contributed by atoms with Gasteiger partial charge >= 0.3 is 12.5 Å². The second kappa shape index (κ2) is 3.28. The summed E-state index contributed by atoms with van der Waals surface area (Å²) in [6.07, 6.45) is 3.25. The lowest BCUT2D eigenvalue weighted by molar-refractivity contribution is -0.00000161. The lowest BCUT2D eigenvalue weighted by atomic mass is 10.6. The van der Waals surface area contributed by atoms with Crippen LogP contribution in [0.25, 0.3) is 0 Å². The first-order chi connectivity index (χ1) is 3.00. The van der Waals surface area contributed by atoms with E-state index in [9.17, 15) is 0 Å². The second-order valence-electron chi connectivity index (χ2n) is 0.986. The van der Waals surface area contributed by atoms with E-state index in [0.717, 1.165) is 0 Å². The van der Waals surface area contributed by atoms with Crippen molar-refractivity contribution in [3.63, 3.8) is 0 Å². The van der Waals surface area contributed by atoms with E-state index in [1.54, 1.807) is 12.5 Å². The SMILES string of the molecule is [F-].c1cc[o+]cc1. The van der Waals surface area contributed by atoms with Crippen LogP contribution < -0.4 is 4.70 Å². The van der Waals surface area contributed by atoms with Gasteiger partial charge in [-0.1, -0.05) is 0 Å². The van der Waals surface area contributed by atoms with Gasteiger partial charge in [0.2, 0.25) is 0 Å². The molecule has 0 saturated heterocycles. The first-order valence-electron chi connectivity index (χ1n) is 1.80. The van der Waals surface area contributed by atoms with Crippen molar-refractivity contribution in [2.24, 2.45) is 0 Å². The normalized spacial score (nSPS) is 6.86. The van der Waals surface area contributed by atoms with Crippen LogP contribution in [0.1, 0.15) is 0 Å². The van der Waals surface area contributed by atoms with Gasteiger partial charge in [0.25, 0.3) is 0 Å². The van der Waals surface area contributed by atoms with Crippen LogP contribution >= 0.6 is 0 Å². The minimum Gasteiger partial charge on any atom is -1.00 e. The maximum atomic E-state index is 4.68. The summed E-state index contributed by atoms with van der Waals surface area (Å²) < 4.78 is 4.68. The molecule has 1 nitrogen and oxygen atoms in total. The molecule has 7 heavy (non-hydrogen) atoms. The predicted molar refractivity (Wildman–Crippen MR) is 23.1 cm³/mol. The van der Waals surface area contributed by atoms with Crippen molar-refractivity contribution in [3.05, 3.63) is 30.7 Å². The molecule has 0 unspecified atom stereocenters. The number of hydrogen-bond donors (Lipinski definition) is 0. The average Bonchev–Trinajstić information content (AvgIpc) is 1.72. The van der Waals surface area contributed by atoms with Crippen molar-refractivity contribution < 1.29 is 9.12 Å². The maximum Gasteiger partial charge on any atom is 0.317 e. The largest absolute Gasteiger partial charge is 1.00 e. The highest BCUT2D eigenvalue weighted by molar-refractivity contribution is 4.84. The van der Waals surface area contributed by atoms with Crippen molar-refractivity contribution in [1.82, 2.24) is 0 Å². The van der Waals surface area contributed by atoms with E-state index >= 15 is 0 Å². The van der Waals surface area contributed by atoms with Gasteiger partial charge in [-0.25, -0.2) is 4.42 Å². The molecule has 1 rings (SSSR count). The van der Waals surface area contributed by atoms with Crippen LogP contribution in [0.15, 0.2) is 35.1 Å². The third-order valence-corrected chi connectivity index (χ3v) is 0.536. The highest BCUT2D eigenvalue weighted by atomic mass is 19.0. The molecule has 0 aliphatic rings. The molecule has 38 valence electrons. The van der Waals surface area contributed by atoms with Crippen molar-refractivity contribution in [2.75, 3.05) is 0 Å². The monoisotopic (exact) mass is 100 g/mol. The first-order valence-corrected chi connectivity index (χ1v) is 1.80. The second-order valence-corrected chi connectivity index (χ2v) is 0.986. The van der Waals surface area contributed by atoms with Crippen molar-refractivity contribution in [2.45, 2.75) is 0 Å². The molecule has 2 heteroatoms. The Hall–Kier alpha value is -0.920. The minimum atomic E-state index is 0. The molecule has 1 heterocycles. The highest BCUT2D eigenvalue weighted by Crippen LogP contribution is 1.79. The fourth-order valence-electron chi connectivity index (χ4n) is 0.291. The van der Waals surface area contributed by atoms with E-state index in [4.69, 9.17) is 0 Å². The summed E-state index contributed by atoms with van der Waals surface area (Å²) in [5, 5.41) is 0. The molecule has 0 radical (unpaired) electrons. The third kappa shape index (κ3) is 1.87.